The summed E-state index contributed by atoms with van der Waals surface area (Å²) in [5, 5.41) is 3.19. The SMILES string of the molecule is CCOc1ccc(CN(Cc2cc(=O)n3[nH]c(-c4cccc(C)c4)cc3n2)CC(C)C)cc1. The number of ether oxygens (including phenoxy) is 1. The Morgan fingerprint density at radius 1 is 1.06 bits per heavy atom. The molecule has 0 bridgehead atoms. The highest BCUT2D eigenvalue weighted by Gasteiger charge is 2.13. The number of benzene rings is 2. The number of fused-ring (bicyclic) bond motifs is 1. The van der Waals surface area contributed by atoms with E-state index < -0.39 is 0 Å². The second kappa shape index (κ2) is 10.0. The smallest absolute Gasteiger partial charge is 0.272 e. The quantitative estimate of drug-likeness (QED) is 0.392. The molecule has 4 aromatic rings. The van der Waals surface area contributed by atoms with Crippen LogP contribution in [0.4, 0.5) is 0 Å². The molecule has 0 fully saturated rings. The number of rotatable bonds is 9. The van der Waals surface area contributed by atoms with Crippen LogP contribution in [0.3, 0.4) is 0 Å². The Morgan fingerprint density at radius 3 is 2.55 bits per heavy atom. The highest BCUT2D eigenvalue weighted by molar-refractivity contribution is 5.64. The number of hydrogen-bond acceptors (Lipinski definition) is 4. The first-order chi connectivity index (χ1) is 15.9. The van der Waals surface area contributed by atoms with Crippen molar-refractivity contribution >= 4 is 5.65 Å². The van der Waals surface area contributed by atoms with Crippen LogP contribution in [0.2, 0.25) is 0 Å². The van der Waals surface area contributed by atoms with Crippen LogP contribution in [0.5, 0.6) is 5.75 Å². The lowest BCUT2D eigenvalue weighted by molar-refractivity contribution is 0.225. The molecule has 4 rings (SSSR count). The van der Waals surface area contributed by atoms with Crippen molar-refractivity contribution in [2.24, 2.45) is 5.92 Å². The van der Waals surface area contributed by atoms with Gasteiger partial charge in [0.15, 0.2) is 5.65 Å². The zero-order valence-corrected chi connectivity index (χ0v) is 19.8. The fourth-order valence-corrected chi connectivity index (χ4v) is 4.13. The molecule has 0 atom stereocenters. The Hall–Kier alpha value is -3.38. The Balaban J connectivity index is 1.58. The predicted molar refractivity (Wildman–Crippen MR) is 133 cm³/mol. The molecule has 2 aromatic carbocycles. The van der Waals surface area contributed by atoms with E-state index in [4.69, 9.17) is 9.72 Å². The van der Waals surface area contributed by atoms with Gasteiger partial charge in [0.1, 0.15) is 5.75 Å². The Morgan fingerprint density at radius 2 is 1.85 bits per heavy atom. The third kappa shape index (κ3) is 5.71. The van der Waals surface area contributed by atoms with Crippen LogP contribution < -0.4 is 10.3 Å². The zero-order chi connectivity index (χ0) is 23.4. The summed E-state index contributed by atoms with van der Waals surface area (Å²) in [7, 11) is 0. The van der Waals surface area contributed by atoms with E-state index in [1.165, 1.54) is 15.6 Å². The topological polar surface area (TPSA) is 62.6 Å². The molecule has 0 aliphatic heterocycles. The van der Waals surface area contributed by atoms with Gasteiger partial charge in [-0.15, -0.1) is 0 Å². The second-order valence-corrected chi connectivity index (χ2v) is 8.96. The summed E-state index contributed by atoms with van der Waals surface area (Å²) in [6, 6.07) is 20.0. The van der Waals surface area contributed by atoms with E-state index in [0.29, 0.717) is 24.7 Å². The first kappa shape index (κ1) is 22.8. The van der Waals surface area contributed by atoms with Crippen LogP contribution in [0, 0.1) is 12.8 Å². The molecule has 2 aromatic heterocycles. The summed E-state index contributed by atoms with van der Waals surface area (Å²) in [6.45, 7) is 11.4. The van der Waals surface area contributed by atoms with Gasteiger partial charge in [-0.05, 0) is 49.1 Å². The summed E-state index contributed by atoms with van der Waals surface area (Å²) in [5.41, 5.74) is 5.62. The van der Waals surface area contributed by atoms with E-state index in [2.05, 4.69) is 55.0 Å². The number of nitrogens with zero attached hydrogens (tertiary/aromatic N) is 3. The van der Waals surface area contributed by atoms with Crippen molar-refractivity contribution in [3.8, 4) is 17.0 Å². The monoisotopic (exact) mass is 444 g/mol. The highest BCUT2D eigenvalue weighted by Crippen LogP contribution is 2.20. The molecule has 0 saturated heterocycles. The number of nitrogens with one attached hydrogen (secondary N) is 1. The van der Waals surface area contributed by atoms with Crippen molar-refractivity contribution in [3.05, 3.63) is 87.8 Å². The summed E-state index contributed by atoms with van der Waals surface area (Å²) in [4.78, 5) is 20.0. The number of H-pyrrole nitrogens is 1. The van der Waals surface area contributed by atoms with Crippen molar-refractivity contribution in [2.45, 2.75) is 40.8 Å². The number of aryl methyl sites for hydroxylation is 1. The molecule has 0 unspecified atom stereocenters. The van der Waals surface area contributed by atoms with Crippen LogP contribution >= 0.6 is 0 Å². The van der Waals surface area contributed by atoms with E-state index in [1.54, 1.807) is 6.07 Å². The lowest BCUT2D eigenvalue weighted by Crippen LogP contribution is -2.28. The van der Waals surface area contributed by atoms with Crippen LogP contribution in [0.15, 0.2) is 65.5 Å². The average Bonchev–Trinajstić information content (AvgIpc) is 3.20. The van der Waals surface area contributed by atoms with Gasteiger partial charge in [0.05, 0.1) is 18.0 Å². The summed E-state index contributed by atoms with van der Waals surface area (Å²) in [5.74, 6) is 1.38. The van der Waals surface area contributed by atoms with Gasteiger partial charge in [-0.2, -0.15) is 0 Å². The third-order valence-corrected chi connectivity index (χ3v) is 5.48. The van der Waals surface area contributed by atoms with Gasteiger partial charge in [-0.3, -0.25) is 14.8 Å². The molecule has 1 N–H and O–H groups in total. The Labute approximate surface area is 194 Å². The Kier molecular flexibility index (Phi) is 6.94. The van der Waals surface area contributed by atoms with Gasteiger partial charge in [-0.25, -0.2) is 9.50 Å². The summed E-state index contributed by atoms with van der Waals surface area (Å²) in [6.07, 6.45) is 0. The number of aromatic nitrogens is 3. The average molecular weight is 445 g/mol. The molecule has 0 spiro atoms. The molecule has 6 nitrogen and oxygen atoms in total. The molecular formula is C27H32N4O2. The lowest BCUT2D eigenvalue weighted by Gasteiger charge is -2.24. The minimum absolute atomic E-state index is 0.0977. The normalized spacial score (nSPS) is 11.6. The lowest BCUT2D eigenvalue weighted by atomic mass is 10.1. The van der Waals surface area contributed by atoms with Gasteiger partial charge in [0, 0.05) is 31.8 Å². The van der Waals surface area contributed by atoms with Gasteiger partial charge >= 0.3 is 0 Å². The van der Waals surface area contributed by atoms with Crippen molar-refractivity contribution < 1.29 is 4.74 Å². The summed E-state index contributed by atoms with van der Waals surface area (Å²) < 4.78 is 7.07. The molecular weight excluding hydrogens is 412 g/mol. The maximum atomic E-state index is 12.8. The van der Waals surface area contributed by atoms with Crippen LogP contribution in [0.1, 0.15) is 37.6 Å². The van der Waals surface area contributed by atoms with Gasteiger partial charge in [-0.1, -0.05) is 49.7 Å². The zero-order valence-electron chi connectivity index (χ0n) is 19.8. The van der Waals surface area contributed by atoms with E-state index in [0.717, 1.165) is 35.8 Å². The van der Waals surface area contributed by atoms with Crippen LogP contribution in [0.25, 0.3) is 16.9 Å². The fraction of sp³-hybridized carbons (Fsp3) is 0.333. The van der Waals surface area contributed by atoms with E-state index in [1.807, 2.05) is 37.3 Å². The molecule has 33 heavy (non-hydrogen) atoms. The standard InChI is InChI=1S/C27H32N4O2/c1-5-33-24-11-9-21(10-12-24)17-30(16-19(2)3)18-23-14-27(32)31-26(28-23)15-25(29-31)22-8-6-7-20(4)13-22/h6-15,19,29H,5,16-18H2,1-4H3. The van der Waals surface area contributed by atoms with Crippen LogP contribution in [-0.2, 0) is 13.1 Å². The molecule has 172 valence electrons. The van der Waals surface area contributed by atoms with E-state index in [-0.39, 0.29) is 5.56 Å². The summed E-state index contributed by atoms with van der Waals surface area (Å²) >= 11 is 0. The van der Waals surface area contributed by atoms with E-state index >= 15 is 0 Å². The van der Waals surface area contributed by atoms with Crippen molar-refractivity contribution in [2.75, 3.05) is 13.2 Å². The first-order valence-electron chi connectivity index (χ1n) is 11.5. The molecule has 0 aliphatic rings. The fourth-order valence-electron chi connectivity index (χ4n) is 4.13. The molecule has 2 heterocycles. The highest BCUT2D eigenvalue weighted by atomic mass is 16.5. The second-order valence-electron chi connectivity index (χ2n) is 8.96. The molecule has 6 heteroatoms. The van der Waals surface area contributed by atoms with Crippen molar-refractivity contribution in [1.29, 1.82) is 0 Å². The van der Waals surface area contributed by atoms with Crippen molar-refractivity contribution in [3.63, 3.8) is 0 Å². The molecule has 0 aliphatic carbocycles. The van der Waals surface area contributed by atoms with Gasteiger partial charge < -0.3 is 4.74 Å². The predicted octanol–water partition coefficient (Wildman–Crippen LogP) is 5.05. The van der Waals surface area contributed by atoms with Gasteiger partial charge in [0.25, 0.3) is 5.56 Å². The molecule has 0 amide bonds. The van der Waals surface area contributed by atoms with Crippen molar-refractivity contribution in [1.82, 2.24) is 19.5 Å². The Bertz CT molecular complexity index is 1270. The number of aromatic amines is 1. The maximum Gasteiger partial charge on any atom is 0.272 e. The molecule has 0 radical (unpaired) electrons. The van der Waals surface area contributed by atoms with Gasteiger partial charge in [0.2, 0.25) is 0 Å². The first-order valence-corrected chi connectivity index (χ1v) is 11.5. The minimum atomic E-state index is -0.0977. The largest absolute Gasteiger partial charge is 0.494 e. The maximum absolute atomic E-state index is 12.8. The number of hydrogen-bond donors (Lipinski definition) is 1. The van der Waals surface area contributed by atoms with Crippen LogP contribution in [-0.4, -0.2) is 32.6 Å². The van der Waals surface area contributed by atoms with E-state index in [9.17, 15) is 4.79 Å². The minimum Gasteiger partial charge on any atom is -0.494 e. The third-order valence-electron chi connectivity index (χ3n) is 5.48. The molecule has 0 saturated carbocycles.